The molecule has 0 radical (unpaired) electrons. The van der Waals surface area contributed by atoms with Crippen molar-refractivity contribution in [1.29, 1.82) is 0 Å². The molecule has 1 aliphatic rings. The monoisotopic (exact) mass is 253 g/mol. The van der Waals surface area contributed by atoms with E-state index in [2.05, 4.69) is 12.1 Å². The fourth-order valence-electron chi connectivity index (χ4n) is 2.39. The van der Waals surface area contributed by atoms with Crippen LogP contribution >= 0.6 is 0 Å². The number of nitrogens with two attached hydrogens (primary N) is 1. The molecule has 0 saturated carbocycles. The first-order chi connectivity index (χ1) is 8.07. The highest BCUT2D eigenvalue weighted by molar-refractivity contribution is 7.91. The molecule has 1 aromatic rings. The van der Waals surface area contributed by atoms with Gasteiger partial charge in [0.25, 0.3) is 0 Å². The highest BCUT2D eigenvalue weighted by Crippen LogP contribution is 2.23. The lowest BCUT2D eigenvalue weighted by Crippen LogP contribution is -2.37. The Bertz CT molecular complexity index is 442. The molecular weight excluding hydrogens is 234 g/mol. The van der Waals surface area contributed by atoms with Crippen LogP contribution in [0.25, 0.3) is 0 Å². The zero-order chi connectivity index (χ0) is 12.3. The van der Waals surface area contributed by atoms with E-state index < -0.39 is 9.84 Å². The summed E-state index contributed by atoms with van der Waals surface area (Å²) in [6.45, 7) is 0. The molecule has 0 amide bonds. The second-order valence-corrected chi connectivity index (χ2v) is 7.15. The van der Waals surface area contributed by atoms with Gasteiger partial charge >= 0.3 is 0 Å². The van der Waals surface area contributed by atoms with Crippen molar-refractivity contribution < 1.29 is 8.42 Å². The molecular formula is C13H19NO2S. The molecule has 94 valence electrons. The van der Waals surface area contributed by atoms with Crippen molar-refractivity contribution in [2.24, 2.45) is 11.7 Å². The normalized spacial score (nSPS) is 22.2. The Morgan fingerprint density at radius 2 is 1.76 bits per heavy atom. The number of sulfone groups is 1. The topological polar surface area (TPSA) is 60.2 Å². The third kappa shape index (κ3) is 3.54. The quantitative estimate of drug-likeness (QED) is 0.885. The van der Waals surface area contributed by atoms with Crippen molar-refractivity contribution in [2.75, 3.05) is 11.5 Å². The van der Waals surface area contributed by atoms with Gasteiger partial charge in [-0.1, -0.05) is 30.3 Å². The van der Waals surface area contributed by atoms with E-state index in [1.807, 2.05) is 18.2 Å². The first-order valence-corrected chi connectivity index (χ1v) is 7.89. The van der Waals surface area contributed by atoms with Crippen LogP contribution in [0.15, 0.2) is 30.3 Å². The molecule has 17 heavy (non-hydrogen) atoms. The maximum Gasteiger partial charge on any atom is 0.150 e. The lowest BCUT2D eigenvalue weighted by atomic mass is 9.90. The number of hydrogen-bond donors (Lipinski definition) is 1. The maximum absolute atomic E-state index is 11.3. The van der Waals surface area contributed by atoms with Crippen molar-refractivity contribution in [2.45, 2.75) is 25.3 Å². The second-order valence-electron chi connectivity index (χ2n) is 4.84. The molecule has 1 fully saturated rings. The first kappa shape index (κ1) is 12.6. The van der Waals surface area contributed by atoms with Crippen LogP contribution < -0.4 is 5.73 Å². The van der Waals surface area contributed by atoms with Gasteiger partial charge in [-0.05, 0) is 30.7 Å². The molecule has 1 heterocycles. The van der Waals surface area contributed by atoms with Crippen LogP contribution in [0, 0.1) is 5.92 Å². The number of hydrogen-bond acceptors (Lipinski definition) is 3. The largest absolute Gasteiger partial charge is 0.327 e. The van der Waals surface area contributed by atoms with Gasteiger partial charge in [-0.15, -0.1) is 0 Å². The van der Waals surface area contributed by atoms with Gasteiger partial charge in [-0.2, -0.15) is 0 Å². The Kier molecular flexibility index (Phi) is 3.84. The van der Waals surface area contributed by atoms with Gasteiger partial charge < -0.3 is 5.73 Å². The summed E-state index contributed by atoms with van der Waals surface area (Å²) in [5.74, 6) is 0.957. The van der Waals surface area contributed by atoms with E-state index in [0.29, 0.717) is 17.4 Å². The number of benzene rings is 1. The highest BCUT2D eigenvalue weighted by Gasteiger charge is 2.27. The van der Waals surface area contributed by atoms with E-state index >= 15 is 0 Å². The van der Waals surface area contributed by atoms with Gasteiger partial charge in [0.15, 0.2) is 0 Å². The standard InChI is InChI=1S/C13H19NO2S/c14-13(10-11-4-2-1-3-5-11)12-6-8-17(15,16)9-7-12/h1-5,12-13H,6-10,14H2. The SMILES string of the molecule is NC(Cc1ccccc1)C1CCS(=O)(=O)CC1. The minimum atomic E-state index is -2.78. The maximum atomic E-state index is 11.3. The molecule has 0 spiro atoms. The van der Waals surface area contributed by atoms with E-state index in [4.69, 9.17) is 5.73 Å². The van der Waals surface area contributed by atoms with E-state index in [-0.39, 0.29) is 6.04 Å². The average Bonchev–Trinajstić information content (AvgIpc) is 2.30. The number of rotatable bonds is 3. The molecule has 1 atom stereocenters. The van der Waals surface area contributed by atoms with E-state index in [1.165, 1.54) is 5.56 Å². The van der Waals surface area contributed by atoms with Crippen molar-refractivity contribution in [3.63, 3.8) is 0 Å². The van der Waals surface area contributed by atoms with Gasteiger partial charge in [-0.3, -0.25) is 0 Å². The summed E-state index contributed by atoms with van der Waals surface area (Å²) in [5, 5.41) is 0. The third-order valence-corrected chi connectivity index (χ3v) is 5.23. The van der Waals surface area contributed by atoms with Gasteiger partial charge in [0, 0.05) is 6.04 Å². The summed E-state index contributed by atoms with van der Waals surface area (Å²) in [4.78, 5) is 0. The molecule has 1 aromatic carbocycles. The summed E-state index contributed by atoms with van der Waals surface area (Å²) in [7, 11) is -2.78. The van der Waals surface area contributed by atoms with Crippen LogP contribution in [-0.2, 0) is 16.3 Å². The summed E-state index contributed by atoms with van der Waals surface area (Å²) in [5.41, 5.74) is 7.40. The molecule has 4 heteroatoms. The third-order valence-electron chi connectivity index (χ3n) is 3.52. The molecule has 1 unspecified atom stereocenters. The van der Waals surface area contributed by atoms with Gasteiger partial charge in [-0.25, -0.2) is 8.42 Å². The lowest BCUT2D eigenvalue weighted by molar-refractivity contribution is 0.381. The van der Waals surface area contributed by atoms with E-state index in [0.717, 1.165) is 19.3 Å². The lowest BCUT2D eigenvalue weighted by Gasteiger charge is -2.27. The molecule has 0 aromatic heterocycles. The van der Waals surface area contributed by atoms with Crippen LogP contribution in [0.5, 0.6) is 0 Å². The fourth-order valence-corrected chi connectivity index (χ4v) is 3.92. The summed E-state index contributed by atoms with van der Waals surface area (Å²) < 4.78 is 22.7. The summed E-state index contributed by atoms with van der Waals surface area (Å²) >= 11 is 0. The van der Waals surface area contributed by atoms with Gasteiger partial charge in [0.1, 0.15) is 9.84 Å². The van der Waals surface area contributed by atoms with Crippen LogP contribution in [-0.4, -0.2) is 26.0 Å². The van der Waals surface area contributed by atoms with Crippen molar-refractivity contribution >= 4 is 9.84 Å². The van der Waals surface area contributed by atoms with Crippen LogP contribution in [0.3, 0.4) is 0 Å². The summed E-state index contributed by atoms with van der Waals surface area (Å²) in [6, 6.07) is 10.2. The highest BCUT2D eigenvalue weighted by atomic mass is 32.2. The fraction of sp³-hybridized carbons (Fsp3) is 0.538. The molecule has 1 saturated heterocycles. The van der Waals surface area contributed by atoms with Crippen LogP contribution in [0.2, 0.25) is 0 Å². The molecule has 3 nitrogen and oxygen atoms in total. The predicted octanol–water partition coefficient (Wildman–Crippen LogP) is 1.38. The molecule has 2 rings (SSSR count). The van der Waals surface area contributed by atoms with Crippen LogP contribution in [0.4, 0.5) is 0 Å². The Morgan fingerprint density at radius 1 is 1.18 bits per heavy atom. The minimum absolute atomic E-state index is 0.0768. The van der Waals surface area contributed by atoms with Crippen molar-refractivity contribution in [3.05, 3.63) is 35.9 Å². The first-order valence-electron chi connectivity index (χ1n) is 6.07. The molecule has 0 aliphatic carbocycles. The Balaban J connectivity index is 1.91. The Morgan fingerprint density at radius 3 is 2.35 bits per heavy atom. The smallest absolute Gasteiger partial charge is 0.150 e. The van der Waals surface area contributed by atoms with E-state index in [9.17, 15) is 8.42 Å². The molecule has 1 aliphatic heterocycles. The predicted molar refractivity (Wildman–Crippen MR) is 69.5 cm³/mol. The Labute approximate surface area is 103 Å². The molecule has 0 bridgehead atoms. The van der Waals surface area contributed by atoms with Crippen LogP contribution in [0.1, 0.15) is 18.4 Å². The minimum Gasteiger partial charge on any atom is -0.327 e. The van der Waals surface area contributed by atoms with E-state index in [1.54, 1.807) is 0 Å². The summed E-state index contributed by atoms with van der Waals surface area (Å²) in [6.07, 6.45) is 2.28. The zero-order valence-electron chi connectivity index (χ0n) is 9.88. The van der Waals surface area contributed by atoms with Crippen molar-refractivity contribution in [3.8, 4) is 0 Å². The van der Waals surface area contributed by atoms with Crippen molar-refractivity contribution in [1.82, 2.24) is 0 Å². The molecule has 2 N–H and O–H groups in total. The average molecular weight is 253 g/mol. The zero-order valence-corrected chi connectivity index (χ0v) is 10.7. The van der Waals surface area contributed by atoms with Gasteiger partial charge in [0.2, 0.25) is 0 Å². The Hall–Kier alpha value is -0.870. The van der Waals surface area contributed by atoms with Gasteiger partial charge in [0.05, 0.1) is 11.5 Å². The second kappa shape index (κ2) is 5.19.